The Morgan fingerprint density at radius 1 is 1.00 bits per heavy atom. The van der Waals surface area contributed by atoms with Gasteiger partial charge in [-0.15, -0.1) is 0 Å². The first-order valence-corrected chi connectivity index (χ1v) is 5.68. The number of benzene rings is 1. The van der Waals surface area contributed by atoms with Crippen LogP contribution in [0.15, 0.2) is 33.5 Å². The molecule has 1 aliphatic carbocycles. The maximum Gasteiger partial charge on any atom is 0.429 e. The van der Waals surface area contributed by atoms with Gasteiger partial charge in [0.25, 0.3) is 5.78 Å². The van der Waals surface area contributed by atoms with Crippen LogP contribution in [0.3, 0.4) is 0 Å². The van der Waals surface area contributed by atoms with Crippen molar-refractivity contribution < 1.29 is 14.0 Å². The van der Waals surface area contributed by atoms with E-state index in [1.54, 1.807) is 47.1 Å². The summed E-state index contributed by atoms with van der Waals surface area (Å²) in [5.41, 5.74) is 0.773. The van der Waals surface area contributed by atoms with E-state index >= 15 is 0 Å². The van der Waals surface area contributed by atoms with Crippen LogP contribution in [0.1, 0.15) is 20.8 Å². The first-order chi connectivity index (χ1) is 8.11. The van der Waals surface area contributed by atoms with Gasteiger partial charge in [0.15, 0.2) is 11.5 Å². The topological polar surface area (TPSA) is 69.3 Å². The number of hydrogen-bond donors (Lipinski definition) is 0. The highest BCUT2D eigenvalue weighted by molar-refractivity contribution is 14.1. The fraction of sp³-hybridized carbons (Fsp3) is 0. The average Bonchev–Trinajstić information content (AvgIpc) is 2.63. The van der Waals surface area contributed by atoms with Crippen molar-refractivity contribution in [1.82, 2.24) is 2.78 Å². The maximum atomic E-state index is 11.8. The Hall–Kier alpha value is -1.70. The number of carbonyl (C=O) groups excluding carboxylic acids is 2. The molecule has 84 valence electrons. The van der Waals surface area contributed by atoms with E-state index < -0.39 is 17.3 Å². The quantitative estimate of drug-likeness (QED) is 0.540. The van der Waals surface area contributed by atoms with Gasteiger partial charge in [-0.25, -0.2) is 7.58 Å². The summed E-state index contributed by atoms with van der Waals surface area (Å²) in [5, 5.41) is 0. The van der Waals surface area contributed by atoms with Crippen LogP contribution in [0.25, 0.3) is 11.3 Å². The van der Waals surface area contributed by atoms with Crippen LogP contribution in [-0.4, -0.2) is 14.3 Å². The molecule has 17 heavy (non-hydrogen) atoms. The molecule has 0 saturated heterocycles. The lowest BCUT2D eigenvalue weighted by molar-refractivity contribution is 0.0812. The number of Topliss-reactive ketones (excluding diaryl/α,β-unsaturated/α-hetero) is 2. The molecule has 1 aliphatic rings. The van der Waals surface area contributed by atoms with Crippen LogP contribution in [-0.2, 0) is 0 Å². The van der Waals surface area contributed by atoms with Gasteiger partial charge < -0.3 is 4.42 Å². The number of halogens is 1. The lowest BCUT2D eigenvalue weighted by Gasteiger charge is -2.11. The third kappa shape index (κ3) is 1.27. The van der Waals surface area contributed by atoms with Crippen molar-refractivity contribution >= 4 is 34.4 Å². The van der Waals surface area contributed by atoms with Gasteiger partial charge in [-0.05, 0) is 0 Å². The Bertz CT molecular complexity index is 725. The Labute approximate surface area is 109 Å². The molecule has 5 nitrogen and oxygen atoms in total. The third-order valence-corrected chi connectivity index (χ3v) is 3.48. The van der Waals surface area contributed by atoms with Crippen molar-refractivity contribution in [2.45, 2.75) is 0 Å². The third-order valence-electron chi connectivity index (χ3n) is 2.60. The van der Waals surface area contributed by atoms with E-state index in [1.807, 2.05) is 0 Å². The van der Waals surface area contributed by atoms with E-state index in [-0.39, 0.29) is 17.0 Å². The summed E-state index contributed by atoms with van der Waals surface area (Å²) in [6.45, 7) is 0. The molecule has 0 amide bonds. The number of aromatic nitrogens is 1. The van der Waals surface area contributed by atoms with Crippen molar-refractivity contribution in [3.63, 3.8) is 0 Å². The molecule has 0 radical (unpaired) electrons. The normalized spacial score (nSPS) is 13.5. The Kier molecular flexibility index (Phi) is 2.09. The van der Waals surface area contributed by atoms with Crippen LogP contribution in [0.4, 0.5) is 0 Å². The van der Waals surface area contributed by atoms with Crippen LogP contribution >= 0.6 is 22.9 Å². The molecule has 0 saturated carbocycles. The molecule has 0 bridgehead atoms. The van der Waals surface area contributed by atoms with Gasteiger partial charge in [-0.2, -0.15) is 0 Å². The largest absolute Gasteiger partial charge is 0.429 e. The monoisotopic (exact) mass is 341 g/mol. The molecule has 0 unspecified atom stereocenters. The van der Waals surface area contributed by atoms with Gasteiger partial charge in [-0.3, -0.25) is 9.59 Å². The van der Waals surface area contributed by atoms with Crippen LogP contribution < -0.4 is 5.76 Å². The zero-order valence-electron chi connectivity index (χ0n) is 8.27. The predicted octanol–water partition coefficient (Wildman–Crippen LogP) is 1.69. The average molecular weight is 341 g/mol. The highest BCUT2D eigenvalue weighted by atomic mass is 127. The lowest BCUT2D eigenvalue weighted by atomic mass is 9.91. The highest BCUT2D eigenvalue weighted by Crippen LogP contribution is 2.33. The summed E-state index contributed by atoms with van der Waals surface area (Å²) in [7, 11) is 0. The van der Waals surface area contributed by atoms with Crippen LogP contribution in [0.2, 0.25) is 0 Å². The predicted molar refractivity (Wildman–Crippen MR) is 66.5 cm³/mol. The Balaban J connectivity index is 2.48. The highest BCUT2D eigenvalue weighted by Gasteiger charge is 2.36. The second-order valence-electron chi connectivity index (χ2n) is 3.53. The lowest BCUT2D eigenvalue weighted by Crippen LogP contribution is -2.23. The maximum absolute atomic E-state index is 11.8. The molecule has 0 N–H and O–H groups in total. The molecule has 0 spiro atoms. The second kappa shape index (κ2) is 3.39. The number of nitrogens with zero attached hydrogens (tertiary/aromatic N) is 1. The summed E-state index contributed by atoms with van der Waals surface area (Å²) in [5.74, 6) is -1.81. The molecule has 0 atom stereocenters. The minimum absolute atomic E-state index is 0.0132. The number of carbonyl (C=O) groups is 2. The molecular formula is C11H4INO4. The van der Waals surface area contributed by atoms with Gasteiger partial charge in [0, 0.05) is 11.1 Å². The standard InChI is InChI=1S/C11H4INO4/c12-13-7-9(15)8(14)5-3-1-2-4-6(5)10(7)17-11(13)16/h1-4H. The van der Waals surface area contributed by atoms with Crippen molar-refractivity contribution in [1.29, 1.82) is 0 Å². The zero-order valence-corrected chi connectivity index (χ0v) is 10.4. The first kappa shape index (κ1) is 10.5. The first-order valence-electron chi connectivity index (χ1n) is 4.71. The van der Waals surface area contributed by atoms with E-state index in [9.17, 15) is 14.4 Å². The minimum atomic E-state index is -0.709. The van der Waals surface area contributed by atoms with Crippen molar-refractivity contribution in [3.05, 3.63) is 46.1 Å². The molecule has 1 aromatic heterocycles. The number of fused-ring (bicyclic) bond motifs is 3. The molecule has 0 fully saturated rings. The SMILES string of the molecule is O=C1C(=O)c2c(oc(=O)n2I)-c2ccccc21. The van der Waals surface area contributed by atoms with E-state index in [2.05, 4.69) is 0 Å². The van der Waals surface area contributed by atoms with E-state index in [0.29, 0.717) is 5.56 Å². The number of ketones is 2. The van der Waals surface area contributed by atoms with Gasteiger partial charge in [0.2, 0.25) is 5.78 Å². The fourth-order valence-corrected chi connectivity index (χ4v) is 2.38. The number of hydrogen-bond acceptors (Lipinski definition) is 4. The number of rotatable bonds is 0. The smallest absolute Gasteiger partial charge is 0.406 e. The summed E-state index contributed by atoms with van der Waals surface area (Å²) in [6.07, 6.45) is 0. The van der Waals surface area contributed by atoms with Crippen LogP contribution in [0.5, 0.6) is 0 Å². The van der Waals surface area contributed by atoms with Crippen molar-refractivity contribution in [2.24, 2.45) is 0 Å². The molecule has 2 aromatic rings. The Morgan fingerprint density at radius 3 is 2.35 bits per heavy atom. The summed E-state index contributed by atoms with van der Waals surface area (Å²) in [6, 6.07) is 6.57. The van der Waals surface area contributed by atoms with E-state index in [1.165, 1.54) is 0 Å². The van der Waals surface area contributed by atoms with Crippen molar-refractivity contribution in [3.8, 4) is 11.3 Å². The molecule has 1 aromatic carbocycles. The van der Waals surface area contributed by atoms with Gasteiger partial charge in [0.05, 0.1) is 22.9 Å². The Morgan fingerprint density at radius 2 is 1.65 bits per heavy atom. The fourth-order valence-electron chi connectivity index (χ4n) is 1.84. The molecular weight excluding hydrogens is 337 g/mol. The second-order valence-corrected chi connectivity index (χ2v) is 4.50. The molecule has 0 aliphatic heterocycles. The molecule has 1 heterocycles. The van der Waals surface area contributed by atoms with E-state index in [0.717, 1.165) is 2.78 Å². The van der Waals surface area contributed by atoms with Crippen molar-refractivity contribution in [2.75, 3.05) is 0 Å². The van der Waals surface area contributed by atoms with Gasteiger partial charge in [0.1, 0.15) is 0 Å². The van der Waals surface area contributed by atoms with Crippen LogP contribution in [0, 0.1) is 0 Å². The van der Waals surface area contributed by atoms with Gasteiger partial charge >= 0.3 is 5.76 Å². The molecule has 3 rings (SSSR count). The number of oxazole rings is 1. The summed E-state index contributed by atoms with van der Waals surface area (Å²) in [4.78, 5) is 35.1. The van der Waals surface area contributed by atoms with Gasteiger partial charge in [-0.1, -0.05) is 24.3 Å². The summed E-state index contributed by atoms with van der Waals surface area (Å²) >= 11 is 1.64. The summed E-state index contributed by atoms with van der Waals surface area (Å²) < 4.78 is 6.04. The zero-order chi connectivity index (χ0) is 12.2. The molecule has 6 heteroatoms. The van der Waals surface area contributed by atoms with E-state index in [4.69, 9.17) is 4.42 Å². The minimum Gasteiger partial charge on any atom is -0.406 e.